The Morgan fingerprint density at radius 1 is 0.800 bits per heavy atom. The standard InChI is InChI=1S/C36H41N5O4/c1-2-44-34-19-10-9-18-32(34)39-36(43)45-25-24-40-20-22-41(23-21-40)31-17-11-16-30(27-31)37-35(42)38-33(29-14-7-4-8-15-29)26-28-12-5-3-6-13-28/h3-19,27,33H,2,20-26H2,1H3,(H,39,43)(H2,37,38,42). The summed E-state index contributed by atoms with van der Waals surface area (Å²) >= 11 is 0. The van der Waals surface area contributed by atoms with Crippen LogP contribution in [-0.2, 0) is 11.2 Å². The third kappa shape index (κ3) is 9.48. The molecule has 0 aromatic heterocycles. The molecule has 3 amide bonds. The monoisotopic (exact) mass is 607 g/mol. The van der Waals surface area contributed by atoms with E-state index in [2.05, 4.69) is 43.9 Å². The van der Waals surface area contributed by atoms with Crippen molar-refractivity contribution in [1.29, 1.82) is 0 Å². The minimum atomic E-state index is -0.496. The first-order valence-electron chi connectivity index (χ1n) is 15.5. The number of nitrogens with one attached hydrogen (secondary N) is 3. The van der Waals surface area contributed by atoms with Crippen LogP contribution in [0, 0.1) is 0 Å². The number of ether oxygens (including phenoxy) is 2. The Hall–Kier alpha value is -5.02. The van der Waals surface area contributed by atoms with Gasteiger partial charge in [-0.1, -0.05) is 78.9 Å². The number of hydrogen-bond acceptors (Lipinski definition) is 6. The van der Waals surface area contributed by atoms with Crippen molar-refractivity contribution in [3.05, 3.63) is 120 Å². The zero-order chi connectivity index (χ0) is 31.3. The lowest BCUT2D eigenvalue weighted by molar-refractivity contribution is 0.137. The molecule has 9 nitrogen and oxygen atoms in total. The van der Waals surface area contributed by atoms with Crippen LogP contribution in [0.1, 0.15) is 24.1 Å². The van der Waals surface area contributed by atoms with E-state index in [1.54, 1.807) is 6.07 Å². The van der Waals surface area contributed by atoms with Gasteiger partial charge in [-0.25, -0.2) is 9.59 Å². The molecule has 1 aliphatic heterocycles. The van der Waals surface area contributed by atoms with E-state index in [9.17, 15) is 9.59 Å². The van der Waals surface area contributed by atoms with Crippen LogP contribution in [0.4, 0.5) is 26.7 Å². The second-order valence-electron chi connectivity index (χ2n) is 10.8. The fourth-order valence-corrected chi connectivity index (χ4v) is 5.39. The zero-order valence-corrected chi connectivity index (χ0v) is 25.7. The van der Waals surface area contributed by atoms with Gasteiger partial charge in [0.05, 0.1) is 18.3 Å². The fraction of sp³-hybridized carbons (Fsp3) is 0.278. The van der Waals surface area contributed by atoms with Gasteiger partial charge in [-0.15, -0.1) is 0 Å². The Morgan fingerprint density at radius 3 is 2.27 bits per heavy atom. The summed E-state index contributed by atoms with van der Waals surface area (Å²) in [6.45, 7) is 6.71. The molecule has 0 bridgehead atoms. The molecule has 1 aliphatic rings. The Kier molecular flexibility index (Phi) is 11.3. The summed E-state index contributed by atoms with van der Waals surface area (Å²) < 4.78 is 11.0. The van der Waals surface area contributed by atoms with Gasteiger partial charge in [-0.3, -0.25) is 10.2 Å². The molecule has 1 saturated heterocycles. The number of urea groups is 1. The van der Waals surface area contributed by atoms with Crippen LogP contribution in [0.15, 0.2) is 109 Å². The van der Waals surface area contributed by atoms with E-state index in [1.165, 1.54) is 0 Å². The van der Waals surface area contributed by atoms with Gasteiger partial charge < -0.3 is 25.0 Å². The molecule has 5 rings (SSSR count). The number of nitrogens with zero attached hydrogens (tertiary/aromatic N) is 2. The third-order valence-electron chi connectivity index (χ3n) is 7.70. The van der Waals surface area contributed by atoms with Crippen molar-refractivity contribution in [3.63, 3.8) is 0 Å². The highest BCUT2D eigenvalue weighted by Gasteiger charge is 2.19. The van der Waals surface area contributed by atoms with Gasteiger partial charge in [-0.05, 0) is 54.8 Å². The van der Waals surface area contributed by atoms with E-state index in [1.807, 2.05) is 91.9 Å². The molecule has 3 N–H and O–H groups in total. The van der Waals surface area contributed by atoms with Crippen molar-refractivity contribution in [3.8, 4) is 5.75 Å². The van der Waals surface area contributed by atoms with Crippen molar-refractivity contribution in [2.24, 2.45) is 0 Å². The number of benzene rings is 4. The highest BCUT2D eigenvalue weighted by atomic mass is 16.5. The summed E-state index contributed by atoms with van der Waals surface area (Å²) in [4.78, 5) is 30.0. The van der Waals surface area contributed by atoms with Crippen molar-refractivity contribution in [2.75, 3.05) is 61.5 Å². The van der Waals surface area contributed by atoms with Crippen LogP contribution in [-0.4, -0.2) is 63.0 Å². The van der Waals surface area contributed by atoms with Gasteiger partial charge in [0.2, 0.25) is 0 Å². The van der Waals surface area contributed by atoms with Gasteiger partial charge in [0, 0.05) is 44.1 Å². The molecule has 1 heterocycles. The Balaban J connectivity index is 1.08. The molecule has 9 heteroatoms. The first kappa shape index (κ1) is 31.4. The van der Waals surface area contributed by atoms with E-state index in [-0.39, 0.29) is 12.1 Å². The van der Waals surface area contributed by atoms with Crippen LogP contribution in [0.25, 0.3) is 0 Å². The van der Waals surface area contributed by atoms with Crippen molar-refractivity contribution in [1.82, 2.24) is 10.2 Å². The van der Waals surface area contributed by atoms with Crippen LogP contribution in [0.5, 0.6) is 5.75 Å². The second kappa shape index (κ2) is 16.2. The van der Waals surface area contributed by atoms with Crippen LogP contribution < -0.4 is 25.6 Å². The molecule has 0 spiro atoms. The molecular formula is C36H41N5O4. The number of piperazine rings is 1. The lowest BCUT2D eigenvalue weighted by Crippen LogP contribution is -2.47. The largest absolute Gasteiger partial charge is 0.492 e. The molecule has 0 radical (unpaired) electrons. The van der Waals surface area contributed by atoms with Crippen LogP contribution >= 0.6 is 0 Å². The average molecular weight is 608 g/mol. The number of carbonyl (C=O) groups is 2. The molecule has 0 aliphatic carbocycles. The minimum absolute atomic E-state index is 0.161. The highest BCUT2D eigenvalue weighted by molar-refractivity contribution is 5.90. The number of hydrogen-bond donors (Lipinski definition) is 3. The SMILES string of the molecule is CCOc1ccccc1NC(=O)OCCN1CCN(c2cccc(NC(=O)NC(Cc3ccccc3)c3ccccc3)c2)CC1. The van der Waals surface area contributed by atoms with Gasteiger partial charge in [-0.2, -0.15) is 0 Å². The van der Waals surface area contributed by atoms with Crippen molar-refractivity contribution < 1.29 is 19.1 Å². The fourth-order valence-electron chi connectivity index (χ4n) is 5.39. The second-order valence-corrected chi connectivity index (χ2v) is 10.8. The van der Waals surface area contributed by atoms with E-state index in [0.29, 0.717) is 37.6 Å². The summed E-state index contributed by atoms with van der Waals surface area (Å²) in [6.07, 6.45) is 0.199. The molecule has 4 aromatic carbocycles. The lowest BCUT2D eigenvalue weighted by Gasteiger charge is -2.36. The molecule has 1 unspecified atom stereocenters. The summed E-state index contributed by atoms with van der Waals surface area (Å²) in [5.41, 5.74) is 4.60. The Labute approximate surface area is 265 Å². The molecule has 1 atom stereocenters. The van der Waals surface area contributed by atoms with Gasteiger partial charge in [0.1, 0.15) is 12.4 Å². The van der Waals surface area contributed by atoms with E-state index in [4.69, 9.17) is 9.47 Å². The highest BCUT2D eigenvalue weighted by Crippen LogP contribution is 2.24. The maximum absolute atomic E-state index is 13.1. The van der Waals surface area contributed by atoms with Gasteiger partial charge in [0.25, 0.3) is 0 Å². The quantitative estimate of drug-likeness (QED) is 0.169. The van der Waals surface area contributed by atoms with E-state index in [0.717, 1.165) is 48.7 Å². The predicted octanol–water partition coefficient (Wildman–Crippen LogP) is 6.56. The maximum Gasteiger partial charge on any atom is 0.411 e. The summed E-state index contributed by atoms with van der Waals surface area (Å²) in [7, 11) is 0. The maximum atomic E-state index is 13.1. The zero-order valence-electron chi connectivity index (χ0n) is 25.7. The predicted molar refractivity (Wildman–Crippen MR) is 179 cm³/mol. The number of anilines is 3. The first-order valence-corrected chi connectivity index (χ1v) is 15.5. The molecular weight excluding hydrogens is 566 g/mol. The van der Waals surface area contributed by atoms with Crippen LogP contribution in [0.3, 0.4) is 0 Å². The van der Waals surface area contributed by atoms with Crippen molar-refractivity contribution >= 4 is 29.2 Å². The third-order valence-corrected chi connectivity index (χ3v) is 7.70. The Morgan fingerprint density at radius 2 is 1.51 bits per heavy atom. The molecule has 234 valence electrons. The molecule has 0 saturated carbocycles. The van der Waals surface area contributed by atoms with Gasteiger partial charge >= 0.3 is 12.1 Å². The lowest BCUT2D eigenvalue weighted by atomic mass is 9.99. The Bertz CT molecular complexity index is 1510. The first-order chi connectivity index (χ1) is 22.1. The number of rotatable bonds is 12. The minimum Gasteiger partial charge on any atom is -0.492 e. The topological polar surface area (TPSA) is 95.2 Å². The summed E-state index contributed by atoms with van der Waals surface area (Å²) in [6, 6.07) is 35.1. The number of amides is 3. The molecule has 45 heavy (non-hydrogen) atoms. The van der Waals surface area contributed by atoms with E-state index < -0.39 is 6.09 Å². The smallest absolute Gasteiger partial charge is 0.411 e. The number of carbonyl (C=O) groups excluding carboxylic acids is 2. The van der Waals surface area contributed by atoms with E-state index >= 15 is 0 Å². The average Bonchev–Trinajstić information content (AvgIpc) is 3.07. The summed E-state index contributed by atoms with van der Waals surface area (Å²) in [5, 5.41) is 8.96. The van der Waals surface area contributed by atoms with Crippen molar-refractivity contribution in [2.45, 2.75) is 19.4 Å². The molecule has 4 aromatic rings. The normalized spacial score (nSPS) is 13.8. The van der Waals surface area contributed by atoms with Crippen LogP contribution in [0.2, 0.25) is 0 Å². The molecule has 1 fully saturated rings. The van der Waals surface area contributed by atoms with Gasteiger partial charge in [0.15, 0.2) is 0 Å². The summed E-state index contributed by atoms with van der Waals surface area (Å²) in [5.74, 6) is 0.618. The number of para-hydroxylation sites is 2.